The van der Waals surface area contributed by atoms with E-state index in [1.54, 1.807) is 19.1 Å². The van der Waals surface area contributed by atoms with Crippen LogP contribution in [0.25, 0.3) is 0 Å². The van der Waals surface area contributed by atoms with Crippen molar-refractivity contribution in [2.75, 3.05) is 6.61 Å². The molecule has 0 saturated heterocycles. The first-order valence-corrected chi connectivity index (χ1v) is 6.58. The summed E-state index contributed by atoms with van der Waals surface area (Å²) < 4.78 is 18.7. The van der Waals surface area contributed by atoms with Crippen LogP contribution in [0.5, 0.6) is 5.75 Å². The first-order valence-electron chi connectivity index (χ1n) is 5.76. The van der Waals surface area contributed by atoms with Gasteiger partial charge in [-0.3, -0.25) is 0 Å². The third-order valence-electron chi connectivity index (χ3n) is 2.46. The van der Waals surface area contributed by atoms with Gasteiger partial charge in [0.1, 0.15) is 24.8 Å². The second kappa shape index (κ2) is 6.37. The number of aliphatic hydroxyl groups excluding tert-OH is 1. The molecule has 0 radical (unpaired) electrons. The van der Waals surface area contributed by atoms with Gasteiger partial charge in [0.15, 0.2) is 0 Å². The topological polar surface area (TPSA) is 29.5 Å². The summed E-state index contributed by atoms with van der Waals surface area (Å²) in [6.07, 6.45) is 0. The SMILES string of the molecule is Cc1cc(OCc2ccc(C#CCO)s2)ccc1F. The molecule has 0 saturated carbocycles. The van der Waals surface area contributed by atoms with Crippen LogP contribution in [0.3, 0.4) is 0 Å². The Morgan fingerprint density at radius 3 is 2.89 bits per heavy atom. The van der Waals surface area contributed by atoms with Gasteiger partial charge in [0.05, 0.1) is 4.88 Å². The summed E-state index contributed by atoms with van der Waals surface area (Å²) in [5, 5.41) is 8.61. The molecule has 0 unspecified atom stereocenters. The number of ether oxygens (including phenoxy) is 1. The highest BCUT2D eigenvalue weighted by molar-refractivity contribution is 7.12. The summed E-state index contributed by atoms with van der Waals surface area (Å²) in [4.78, 5) is 1.92. The number of hydrogen-bond donors (Lipinski definition) is 1. The maximum Gasteiger partial charge on any atom is 0.126 e. The van der Waals surface area contributed by atoms with E-state index in [1.165, 1.54) is 17.4 Å². The fourth-order valence-corrected chi connectivity index (χ4v) is 2.31. The monoisotopic (exact) mass is 276 g/mol. The van der Waals surface area contributed by atoms with Crippen molar-refractivity contribution in [1.29, 1.82) is 0 Å². The Morgan fingerprint density at radius 1 is 1.32 bits per heavy atom. The standard InChI is InChI=1S/C15H13FO2S/c1-11-9-12(4-7-15(11)16)18-10-14-6-5-13(19-14)3-2-8-17/h4-7,9,17H,8,10H2,1H3. The molecule has 1 heterocycles. The molecular formula is C15H13FO2S. The zero-order valence-corrected chi connectivity index (χ0v) is 11.3. The van der Waals surface area contributed by atoms with Gasteiger partial charge in [0.25, 0.3) is 0 Å². The Morgan fingerprint density at radius 2 is 2.16 bits per heavy atom. The van der Waals surface area contributed by atoms with Crippen molar-refractivity contribution in [1.82, 2.24) is 0 Å². The number of thiophene rings is 1. The zero-order valence-electron chi connectivity index (χ0n) is 10.4. The van der Waals surface area contributed by atoms with E-state index < -0.39 is 0 Å². The molecule has 98 valence electrons. The molecule has 2 nitrogen and oxygen atoms in total. The van der Waals surface area contributed by atoms with E-state index in [4.69, 9.17) is 9.84 Å². The molecule has 19 heavy (non-hydrogen) atoms. The summed E-state index contributed by atoms with van der Waals surface area (Å²) in [6.45, 7) is 1.99. The van der Waals surface area contributed by atoms with Crippen LogP contribution in [0.15, 0.2) is 30.3 Å². The third-order valence-corrected chi connectivity index (χ3v) is 3.44. The van der Waals surface area contributed by atoms with E-state index in [0.29, 0.717) is 17.9 Å². The molecule has 0 aliphatic rings. The highest BCUT2D eigenvalue weighted by atomic mass is 32.1. The molecule has 0 aliphatic heterocycles. The Hall–Kier alpha value is -1.83. The minimum atomic E-state index is -0.231. The Kier molecular flexibility index (Phi) is 4.56. The number of benzene rings is 1. The molecule has 2 aromatic rings. The maximum atomic E-state index is 13.1. The number of halogens is 1. The quantitative estimate of drug-likeness (QED) is 0.873. The van der Waals surface area contributed by atoms with Crippen LogP contribution in [0.2, 0.25) is 0 Å². The van der Waals surface area contributed by atoms with E-state index in [-0.39, 0.29) is 12.4 Å². The highest BCUT2D eigenvalue weighted by Gasteiger charge is 2.02. The van der Waals surface area contributed by atoms with Gasteiger partial charge in [0.2, 0.25) is 0 Å². The van der Waals surface area contributed by atoms with Gasteiger partial charge in [-0.2, -0.15) is 0 Å². The zero-order chi connectivity index (χ0) is 13.7. The fraction of sp³-hybridized carbons (Fsp3) is 0.200. The predicted molar refractivity (Wildman–Crippen MR) is 73.8 cm³/mol. The van der Waals surface area contributed by atoms with Crippen molar-refractivity contribution in [2.45, 2.75) is 13.5 Å². The number of aliphatic hydroxyl groups is 1. The second-order valence-electron chi connectivity index (χ2n) is 3.93. The predicted octanol–water partition coefficient (Wildman–Crippen LogP) is 3.12. The molecule has 0 fully saturated rings. The van der Waals surface area contributed by atoms with Crippen LogP contribution < -0.4 is 4.74 Å². The largest absolute Gasteiger partial charge is 0.488 e. The minimum Gasteiger partial charge on any atom is -0.488 e. The molecule has 0 aliphatic carbocycles. The second-order valence-corrected chi connectivity index (χ2v) is 5.09. The first-order chi connectivity index (χ1) is 9.19. The van der Waals surface area contributed by atoms with Gasteiger partial charge < -0.3 is 9.84 Å². The highest BCUT2D eigenvalue weighted by Crippen LogP contribution is 2.20. The average Bonchev–Trinajstić information content (AvgIpc) is 2.86. The van der Waals surface area contributed by atoms with Crippen LogP contribution in [-0.4, -0.2) is 11.7 Å². The van der Waals surface area contributed by atoms with Gasteiger partial charge in [-0.25, -0.2) is 4.39 Å². The van der Waals surface area contributed by atoms with Crippen LogP contribution in [0.4, 0.5) is 4.39 Å². The smallest absolute Gasteiger partial charge is 0.126 e. The lowest BCUT2D eigenvalue weighted by molar-refractivity contribution is 0.309. The van der Waals surface area contributed by atoms with E-state index in [2.05, 4.69) is 11.8 Å². The fourth-order valence-electron chi connectivity index (χ4n) is 1.51. The number of rotatable bonds is 3. The summed E-state index contributed by atoms with van der Waals surface area (Å²) in [6, 6.07) is 8.51. The first kappa shape index (κ1) is 13.6. The van der Waals surface area contributed by atoms with Gasteiger partial charge in [-0.15, -0.1) is 11.3 Å². The number of aryl methyl sites for hydroxylation is 1. The van der Waals surface area contributed by atoms with E-state index in [0.717, 1.165) is 9.75 Å². The molecule has 1 N–H and O–H groups in total. The molecule has 1 aromatic heterocycles. The Balaban J connectivity index is 1.98. The maximum absolute atomic E-state index is 13.1. The lowest BCUT2D eigenvalue weighted by Crippen LogP contribution is -1.93. The Labute approximate surface area is 115 Å². The van der Waals surface area contributed by atoms with E-state index >= 15 is 0 Å². The summed E-state index contributed by atoms with van der Waals surface area (Å²) in [5.41, 5.74) is 0.568. The minimum absolute atomic E-state index is 0.140. The van der Waals surface area contributed by atoms with Crippen molar-refractivity contribution >= 4 is 11.3 Å². The van der Waals surface area contributed by atoms with Crippen LogP contribution in [0, 0.1) is 24.6 Å². The molecule has 4 heteroatoms. The molecular weight excluding hydrogens is 263 g/mol. The molecule has 0 amide bonds. The van der Waals surface area contributed by atoms with Crippen molar-refractivity contribution < 1.29 is 14.2 Å². The van der Waals surface area contributed by atoms with Gasteiger partial charge in [-0.1, -0.05) is 11.8 Å². The lowest BCUT2D eigenvalue weighted by Gasteiger charge is -2.05. The van der Waals surface area contributed by atoms with Gasteiger partial charge in [0, 0.05) is 4.88 Å². The third kappa shape index (κ3) is 3.82. The molecule has 1 aromatic carbocycles. The normalized spacial score (nSPS) is 9.84. The van der Waals surface area contributed by atoms with Gasteiger partial charge in [-0.05, 0) is 42.8 Å². The Bertz CT molecular complexity index is 623. The number of hydrogen-bond acceptors (Lipinski definition) is 3. The lowest BCUT2D eigenvalue weighted by atomic mass is 10.2. The summed E-state index contributed by atoms with van der Waals surface area (Å²) >= 11 is 1.52. The van der Waals surface area contributed by atoms with Crippen LogP contribution in [0.1, 0.15) is 15.3 Å². The molecule has 0 spiro atoms. The summed E-state index contributed by atoms with van der Waals surface area (Å²) in [7, 11) is 0. The van der Waals surface area contributed by atoms with Crippen molar-refractivity contribution in [2.24, 2.45) is 0 Å². The molecule has 0 bridgehead atoms. The van der Waals surface area contributed by atoms with E-state index in [9.17, 15) is 4.39 Å². The average molecular weight is 276 g/mol. The van der Waals surface area contributed by atoms with E-state index in [1.807, 2.05) is 12.1 Å². The van der Waals surface area contributed by atoms with Crippen LogP contribution in [-0.2, 0) is 6.61 Å². The van der Waals surface area contributed by atoms with Crippen molar-refractivity contribution in [3.05, 3.63) is 51.5 Å². The van der Waals surface area contributed by atoms with Crippen molar-refractivity contribution in [3.63, 3.8) is 0 Å². The summed E-state index contributed by atoms with van der Waals surface area (Å²) in [5.74, 6) is 5.86. The molecule has 0 atom stereocenters. The van der Waals surface area contributed by atoms with Crippen molar-refractivity contribution in [3.8, 4) is 17.6 Å². The molecule has 2 rings (SSSR count). The van der Waals surface area contributed by atoms with Crippen LogP contribution >= 0.6 is 11.3 Å². The van der Waals surface area contributed by atoms with Gasteiger partial charge >= 0.3 is 0 Å².